The molecule has 0 saturated carbocycles. The lowest BCUT2D eigenvalue weighted by Crippen LogP contribution is -2.39. The summed E-state index contributed by atoms with van der Waals surface area (Å²) < 4.78 is 18.1. The van der Waals surface area contributed by atoms with Crippen LogP contribution >= 0.6 is 22.7 Å². The number of aromatic nitrogens is 1. The minimum atomic E-state index is -0.584. The second-order valence-electron chi connectivity index (χ2n) is 6.93. The topological polar surface area (TPSA) is 79.1 Å². The number of allylic oxidation sites excluding steroid dienone is 1. The molecule has 0 spiro atoms. The van der Waals surface area contributed by atoms with Crippen molar-refractivity contribution >= 4 is 34.7 Å². The smallest absolute Gasteiger partial charge is 0.338 e. The Hall–Kier alpha value is -3.17. The predicted molar refractivity (Wildman–Crippen MR) is 124 cm³/mol. The summed E-state index contributed by atoms with van der Waals surface area (Å²) in [7, 11) is 3.16. The van der Waals surface area contributed by atoms with Gasteiger partial charge < -0.3 is 14.2 Å². The molecule has 2 aromatic heterocycles. The first-order chi connectivity index (χ1) is 15.5. The maximum Gasteiger partial charge on any atom is 0.338 e. The number of carbonyl (C=O) groups is 1. The van der Waals surface area contributed by atoms with Crippen LogP contribution in [0.1, 0.15) is 30.3 Å². The van der Waals surface area contributed by atoms with E-state index in [4.69, 9.17) is 14.2 Å². The number of nitrogens with zero attached hydrogens (tertiary/aromatic N) is 2. The third kappa shape index (κ3) is 3.89. The second kappa shape index (κ2) is 9.13. The predicted octanol–water partition coefficient (Wildman–Crippen LogP) is 2.88. The number of hydrogen-bond donors (Lipinski definition) is 0. The van der Waals surface area contributed by atoms with Crippen LogP contribution in [0, 0.1) is 0 Å². The van der Waals surface area contributed by atoms with Crippen molar-refractivity contribution in [1.29, 1.82) is 0 Å². The summed E-state index contributed by atoms with van der Waals surface area (Å²) in [4.78, 5) is 32.3. The molecule has 1 aromatic carbocycles. The van der Waals surface area contributed by atoms with Gasteiger partial charge in [-0.05, 0) is 49.6 Å². The van der Waals surface area contributed by atoms with Crippen LogP contribution in [-0.2, 0) is 9.53 Å². The highest BCUT2D eigenvalue weighted by atomic mass is 32.1. The Morgan fingerprint density at radius 1 is 1.25 bits per heavy atom. The third-order valence-corrected chi connectivity index (χ3v) is 6.96. The fourth-order valence-electron chi connectivity index (χ4n) is 3.60. The third-order valence-electron chi connectivity index (χ3n) is 5.05. The van der Waals surface area contributed by atoms with Crippen LogP contribution in [0.5, 0.6) is 11.5 Å². The van der Waals surface area contributed by atoms with Gasteiger partial charge in [-0.1, -0.05) is 17.4 Å². The summed E-state index contributed by atoms with van der Waals surface area (Å²) in [5.74, 6) is 0.812. The van der Waals surface area contributed by atoms with E-state index in [0.29, 0.717) is 37.7 Å². The van der Waals surface area contributed by atoms with Gasteiger partial charge in [0.1, 0.15) is 17.5 Å². The molecule has 0 bridgehead atoms. The number of esters is 1. The van der Waals surface area contributed by atoms with Crippen molar-refractivity contribution in [3.8, 4) is 11.5 Å². The van der Waals surface area contributed by atoms with Crippen LogP contribution in [0.25, 0.3) is 6.08 Å². The second-order valence-corrected chi connectivity index (χ2v) is 8.91. The first kappa shape index (κ1) is 22.0. The van der Waals surface area contributed by atoms with Crippen LogP contribution in [0.3, 0.4) is 0 Å². The number of methoxy groups -OCH3 is 2. The molecule has 7 nitrogen and oxygen atoms in total. The molecule has 4 rings (SSSR count). The molecule has 166 valence electrons. The highest BCUT2D eigenvalue weighted by molar-refractivity contribution is 7.10. The molecule has 0 saturated heterocycles. The van der Waals surface area contributed by atoms with Crippen LogP contribution in [-0.4, -0.2) is 31.4 Å². The standard InChI is InChI=1S/C23H22N2O5S2/c1-5-30-22(27)19-13(2)24-23-25(20(19)17-7-6-10-31-17)21(26)18(32-23)12-14-11-15(28-3)8-9-16(14)29-4/h6-12,20H,5H2,1-4H3/b18-12+/t20-/m0/s1. The highest BCUT2D eigenvalue weighted by Gasteiger charge is 2.33. The molecule has 3 heterocycles. The average Bonchev–Trinajstić information content (AvgIpc) is 3.41. The van der Waals surface area contributed by atoms with E-state index in [1.165, 1.54) is 22.7 Å². The molecule has 0 radical (unpaired) electrons. The Morgan fingerprint density at radius 3 is 2.72 bits per heavy atom. The molecular weight excluding hydrogens is 448 g/mol. The van der Waals surface area contributed by atoms with Crippen LogP contribution in [0.4, 0.5) is 0 Å². The van der Waals surface area contributed by atoms with Gasteiger partial charge in [0.05, 0.1) is 36.6 Å². The lowest BCUT2D eigenvalue weighted by molar-refractivity contribution is -0.139. The van der Waals surface area contributed by atoms with Gasteiger partial charge in [-0.3, -0.25) is 9.36 Å². The van der Waals surface area contributed by atoms with Gasteiger partial charge in [-0.25, -0.2) is 9.79 Å². The van der Waals surface area contributed by atoms with E-state index in [1.54, 1.807) is 50.8 Å². The van der Waals surface area contributed by atoms with E-state index < -0.39 is 12.0 Å². The number of benzene rings is 1. The maximum absolute atomic E-state index is 13.6. The zero-order chi connectivity index (χ0) is 22.8. The average molecular weight is 471 g/mol. The van der Waals surface area contributed by atoms with Gasteiger partial charge in [0.25, 0.3) is 5.56 Å². The molecule has 0 aliphatic carbocycles. The molecule has 1 aliphatic rings. The lowest BCUT2D eigenvalue weighted by atomic mass is 10.0. The minimum Gasteiger partial charge on any atom is -0.497 e. The maximum atomic E-state index is 13.6. The number of fused-ring (bicyclic) bond motifs is 1. The molecule has 1 atom stereocenters. The largest absolute Gasteiger partial charge is 0.497 e. The van der Waals surface area contributed by atoms with Crippen LogP contribution in [0.15, 0.2) is 56.8 Å². The summed E-state index contributed by atoms with van der Waals surface area (Å²) in [5, 5.41) is 1.92. The van der Waals surface area contributed by atoms with Gasteiger partial charge in [0.2, 0.25) is 0 Å². The molecule has 32 heavy (non-hydrogen) atoms. The molecule has 0 N–H and O–H groups in total. The fraction of sp³-hybridized carbons (Fsp3) is 0.261. The van der Waals surface area contributed by atoms with Gasteiger partial charge in [-0.2, -0.15) is 0 Å². The van der Waals surface area contributed by atoms with Crippen molar-refractivity contribution in [3.63, 3.8) is 0 Å². The summed E-state index contributed by atoms with van der Waals surface area (Å²) >= 11 is 2.75. The Bertz CT molecular complexity index is 1370. The van der Waals surface area contributed by atoms with Crippen LogP contribution in [0.2, 0.25) is 0 Å². The van der Waals surface area contributed by atoms with Crippen molar-refractivity contribution < 1.29 is 19.0 Å². The molecule has 0 unspecified atom stereocenters. The van der Waals surface area contributed by atoms with Gasteiger partial charge in [0, 0.05) is 10.4 Å². The first-order valence-corrected chi connectivity index (χ1v) is 11.6. The normalized spacial score (nSPS) is 15.9. The minimum absolute atomic E-state index is 0.230. The number of thiazole rings is 1. The van der Waals surface area contributed by atoms with E-state index in [2.05, 4.69) is 4.99 Å². The zero-order valence-electron chi connectivity index (χ0n) is 18.1. The highest BCUT2D eigenvalue weighted by Crippen LogP contribution is 2.33. The van der Waals surface area contributed by atoms with Crippen molar-refractivity contribution in [3.05, 3.63) is 77.1 Å². The summed E-state index contributed by atoms with van der Waals surface area (Å²) in [6, 6.07) is 8.62. The molecule has 0 amide bonds. The number of carbonyl (C=O) groups excluding carboxylic acids is 1. The summed E-state index contributed by atoms with van der Waals surface area (Å²) in [5.41, 5.74) is 1.42. The molecular formula is C23H22N2O5S2. The quantitative estimate of drug-likeness (QED) is 0.518. The van der Waals surface area contributed by atoms with E-state index >= 15 is 0 Å². The number of ether oxygens (including phenoxy) is 3. The van der Waals surface area contributed by atoms with Crippen molar-refractivity contribution in [2.45, 2.75) is 19.9 Å². The number of rotatable bonds is 6. The van der Waals surface area contributed by atoms with Crippen molar-refractivity contribution in [2.75, 3.05) is 20.8 Å². The van der Waals surface area contributed by atoms with Crippen molar-refractivity contribution in [1.82, 2.24) is 4.57 Å². The van der Waals surface area contributed by atoms with Gasteiger partial charge in [0.15, 0.2) is 4.80 Å². The number of hydrogen-bond acceptors (Lipinski definition) is 8. The summed E-state index contributed by atoms with van der Waals surface area (Å²) in [6.07, 6.45) is 1.76. The summed E-state index contributed by atoms with van der Waals surface area (Å²) in [6.45, 7) is 3.77. The Kier molecular flexibility index (Phi) is 6.29. The molecule has 0 fully saturated rings. The molecule has 3 aromatic rings. The Balaban J connectivity index is 1.95. The zero-order valence-corrected chi connectivity index (χ0v) is 19.7. The Labute approximate surface area is 192 Å². The Morgan fingerprint density at radius 2 is 2.06 bits per heavy atom. The van der Waals surface area contributed by atoms with E-state index in [0.717, 1.165) is 4.88 Å². The number of thiophene rings is 1. The first-order valence-electron chi connectivity index (χ1n) is 9.93. The van der Waals surface area contributed by atoms with E-state index in [-0.39, 0.29) is 12.2 Å². The van der Waals surface area contributed by atoms with E-state index in [9.17, 15) is 9.59 Å². The van der Waals surface area contributed by atoms with Gasteiger partial charge in [-0.15, -0.1) is 11.3 Å². The SMILES string of the molecule is CCOC(=O)C1=C(C)N=c2s/c(=C/c3cc(OC)ccc3OC)c(=O)n2[C@H]1c1cccs1. The molecule has 1 aliphatic heterocycles. The molecule has 9 heteroatoms. The monoisotopic (exact) mass is 470 g/mol. The van der Waals surface area contributed by atoms with Crippen molar-refractivity contribution in [2.24, 2.45) is 4.99 Å². The van der Waals surface area contributed by atoms with Crippen LogP contribution < -0.4 is 24.4 Å². The van der Waals surface area contributed by atoms with Gasteiger partial charge >= 0.3 is 5.97 Å². The lowest BCUT2D eigenvalue weighted by Gasteiger charge is -2.23. The fourth-order valence-corrected chi connectivity index (χ4v) is 5.46. The van der Waals surface area contributed by atoms with E-state index in [1.807, 2.05) is 23.6 Å².